The van der Waals surface area contributed by atoms with Crippen molar-refractivity contribution in [1.82, 2.24) is 4.98 Å². The summed E-state index contributed by atoms with van der Waals surface area (Å²) in [4.78, 5) is 14.9. The van der Waals surface area contributed by atoms with E-state index >= 15 is 0 Å². The maximum absolute atomic E-state index is 10.9. The lowest BCUT2D eigenvalue weighted by molar-refractivity contribution is -0.163. The number of nitrogens with zero attached hydrogens (tertiary/aromatic N) is 1. The van der Waals surface area contributed by atoms with E-state index < -0.39 is 11.4 Å². The highest BCUT2D eigenvalue weighted by Gasteiger charge is 2.50. The number of rotatable bonds is 2. The van der Waals surface area contributed by atoms with Gasteiger partial charge in [-0.15, -0.1) is 11.3 Å². The topological polar surface area (TPSA) is 59.4 Å². The van der Waals surface area contributed by atoms with Gasteiger partial charge >= 0.3 is 5.97 Å². The number of hydrogen-bond donors (Lipinski definition) is 1. The van der Waals surface area contributed by atoms with Crippen molar-refractivity contribution in [2.45, 2.75) is 5.41 Å². The molecule has 0 bridgehead atoms. The second kappa shape index (κ2) is 2.53. The summed E-state index contributed by atoms with van der Waals surface area (Å²) in [5.74, 6) is -0.844. The third-order valence-corrected chi connectivity index (χ3v) is 2.93. The molecule has 1 aliphatic heterocycles. The Morgan fingerprint density at radius 2 is 2.50 bits per heavy atom. The first-order valence-electron chi connectivity index (χ1n) is 3.47. The summed E-state index contributed by atoms with van der Waals surface area (Å²) < 4.78 is 4.91. The van der Waals surface area contributed by atoms with Crippen LogP contribution >= 0.6 is 11.3 Å². The fraction of sp³-hybridized carbons (Fsp3) is 0.429. The molecule has 5 heteroatoms. The van der Waals surface area contributed by atoms with E-state index in [9.17, 15) is 4.79 Å². The Morgan fingerprint density at radius 1 is 1.75 bits per heavy atom. The Balaban J connectivity index is 2.35. The molecule has 0 unspecified atom stereocenters. The van der Waals surface area contributed by atoms with Gasteiger partial charge in [0.2, 0.25) is 0 Å². The van der Waals surface area contributed by atoms with Crippen LogP contribution in [0, 0.1) is 0 Å². The SMILES string of the molecule is O=C(O)C1(c2nccs2)COC1. The molecule has 4 nitrogen and oxygen atoms in total. The molecule has 1 fully saturated rings. The van der Waals surface area contributed by atoms with Gasteiger partial charge in [-0.25, -0.2) is 4.98 Å². The Kier molecular flexibility index (Phi) is 1.62. The molecule has 12 heavy (non-hydrogen) atoms. The van der Waals surface area contributed by atoms with Crippen LogP contribution in [-0.4, -0.2) is 29.3 Å². The van der Waals surface area contributed by atoms with Gasteiger partial charge in [-0.1, -0.05) is 0 Å². The van der Waals surface area contributed by atoms with Crippen LogP contribution in [0.2, 0.25) is 0 Å². The molecule has 2 heterocycles. The van der Waals surface area contributed by atoms with E-state index in [0.717, 1.165) is 0 Å². The van der Waals surface area contributed by atoms with Gasteiger partial charge in [0, 0.05) is 11.6 Å². The molecule has 0 amide bonds. The first-order valence-corrected chi connectivity index (χ1v) is 4.35. The minimum Gasteiger partial charge on any atom is -0.480 e. The Hall–Kier alpha value is -0.940. The van der Waals surface area contributed by atoms with Crippen LogP contribution < -0.4 is 0 Å². The van der Waals surface area contributed by atoms with Gasteiger partial charge in [-0.2, -0.15) is 0 Å². The van der Waals surface area contributed by atoms with E-state index in [1.807, 2.05) is 0 Å². The van der Waals surface area contributed by atoms with Crippen LogP contribution in [0.4, 0.5) is 0 Å². The van der Waals surface area contributed by atoms with Gasteiger partial charge in [0.25, 0.3) is 0 Å². The van der Waals surface area contributed by atoms with Crippen LogP contribution in [0.1, 0.15) is 5.01 Å². The lowest BCUT2D eigenvalue weighted by Crippen LogP contribution is -2.52. The Labute approximate surface area is 72.8 Å². The summed E-state index contributed by atoms with van der Waals surface area (Å²) in [6, 6.07) is 0. The molecule has 0 radical (unpaired) electrons. The van der Waals surface area contributed by atoms with Crippen LogP contribution in [0.15, 0.2) is 11.6 Å². The van der Waals surface area contributed by atoms with Gasteiger partial charge in [0.15, 0.2) is 5.41 Å². The van der Waals surface area contributed by atoms with Crippen molar-refractivity contribution in [2.75, 3.05) is 13.2 Å². The number of carbonyl (C=O) groups is 1. The quantitative estimate of drug-likeness (QED) is 0.728. The average molecular weight is 185 g/mol. The summed E-state index contributed by atoms with van der Waals surface area (Å²) in [7, 11) is 0. The molecule has 0 spiro atoms. The monoisotopic (exact) mass is 185 g/mol. The van der Waals surface area contributed by atoms with Crippen LogP contribution in [0.3, 0.4) is 0 Å². The van der Waals surface area contributed by atoms with Crippen molar-refractivity contribution in [2.24, 2.45) is 0 Å². The van der Waals surface area contributed by atoms with Crippen molar-refractivity contribution in [1.29, 1.82) is 0 Å². The average Bonchev–Trinajstić information content (AvgIpc) is 2.35. The molecule has 0 aromatic carbocycles. The highest BCUT2D eigenvalue weighted by atomic mass is 32.1. The van der Waals surface area contributed by atoms with E-state index in [0.29, 0.717) is 5.01 Å². The van der Waals surface area contributed by atoms with Crippen LogP contribution in [0.25, 0.3) is 0 Å². The Morgan fingerprint density at radius 3 is 2.83 bits per heavy atom. The standard InChI is InChI=1S/C7H7NO3S/c9-6(10)7(3-11-4-7)5-8-1-2-12-5/h1-2H,3-4H2,(H,9,10). The number of ether oxygens (including phenoxy) is 1. The molecule has 1 N–H and O–H groups in total. The summed E-state index contributed by atoms with van der Waals surface area (Å²) in [6.45, 7) is 0.492. The van der Waals surface area contributed by atoms with Crippen molar-refractivity contribution in [3.63, 3.8) is 0 Å². The minimum absolute atomic E-state index is 0.246. The molecule has 0 atom stereocenters. The van der Waals surface area contributed by atoms with E-state index in [-0.39, 0.29) is 13.2 Å². The molecule has 1 aromatic heterocycles. The molecule has 0 aliphatic carbocycles. The van der Waals surface area contributed by atoms with Gasteiger partial charge < -0.3 is 9.84 Å². The van der Waals surface area contributed by atoms with Gasteiger partial charge in [-0.3, -0.25) is 4.79 Å². The van der Waals surface area contributed by atoms with E-state index in [4.69, 9.17) is 9.84 Å². The number of hydrogen-bond acceptors (Lipinski definition) is 4. The summed E-state index contributed by atoms with van der Waals surface area (Å²) >= 11 is 1.36. The number of carboxylic acids is 1. The maximum atomic E-state index is 10.9. The van der Waals surface area contributed by atoms with E-state index in [1.54, 1.807) is 11.6 Å². The molecular formula is C7H7NO3S. The summed E-state index contributed by atoms with van der Waals surface area (Å²) in [5, 5.41) is 11.4. The smallest absolute Gasteiger partial charge is 0.321 e. The highest BCUT2D eigenvalue weighted by Crippen LogP contribution is 2.33. The molecule has 1 saturated heterocycles. The van der Waals surface area contributed by atoms with Crippen molar-refractivity contribution < 1.29 is 14.6 Å². The second-order valence-electron chi connectivity index (χ2n) is 2.72. The first-order chi connectivity index (χ1) is 5.76. The van der Waals surface area contributed by atoms with Crippen LogP contribution in [0.5, 0.6) is 0 Å². The van der Waals surface area contributed by atoms with E-state index in [1.165, 1.54) is 11.3 Å². The predicted octanol–water partition coefficient (Wildman–Crippen LogP) is 0.496. The molecule has 64 valence electrons. The molecule has 2 rings (SSSR count). The lowest BCUT2D eigenvalue weighted by atomic mass is 9.87. The normalized spacial score (nSPS) is 20.0. The third-order valence-electron chi connectivity index (χ3n) is 1.95. The number of thiazole rings is 1. The zero-order valence-corrected chi connectivity index (χ0v) is 7.00. The zero-order valence-electron chi connectivity index (χ0n) is 6.19. The first kappa shape index (κ1) is 7.70. The van der Waals surface area contributed by atoms with Gasteiger partial charge in [0.05, 0.1) is 13.2 Å². The van der Waals surface area contributed by atoms with Gasteiger partial charge in [-0.05, 0) is 0 Å². The molecule has 1 aromatic rings. The van der Waals surface area contributed by atoms with E-state index in [2.05, 4.69) is 4.98 Å². The second-order valence-corrected chi connectivity index (χ2v) is 3.61. The zero-order chi connectivity index (χ0) is 8.60. The number of aliphatic carboxylic acids is 1. The summed E-state index contributed by atoms with van der Waals surface area (Å²) in [5.41, 5.74) is -0.853. The van der Waals surface area contributed by atoms with Crippen molar-refractivity contribution >= 4 is 17.3 Å². The largest absolute Gasteiger partial charge is 0.480 e. The van der Waals surface area contributed by atoms with Crippen LogP contribution in [-0.2, 0) is 14.9 Å². The van der Waals surface area contributed by atoms with Crippen molar-refractivity contribution in [3.8, 4) is 0 Å². The highest BCUT2D eigenvalue weighted by molar-refractivity contribution is 7.09. The molecular weight excluding hydrogens is 178 g/mol. The van der Waals surface area contributed by atoms with Gasteiger partial charge in [0.1, 0.15) is 5.01 Å². The molecule has 1 aliphatic rings. The molecule has 0 saturated carbocycles. The predicted molar refractivity (Wildman–Crippen MR) is 42.2 cm³/mol. The van der Waals surface area contributed by atoms with Crippen molar-refractivity contribution in [3.05, 3.63) is 16.6 Å². The Bertz CT molecular complexity index is 292. The third kappa shape index (κ3) is 0.867. The number of carboxylic acid groups (broad SMARTS) is 1. The fourth-order valence-electron chi connectivity index (χ4n) is 1.10. The fourth-order valence-corrected chi connectivity index (χ4v) is 1.91. The minimum atomic E-state index is -0.853. The summed E-state index contributed by atoms with van der Waals surface area (Å²) in [6.07, 6.45) is 1.61. The lowest BCUT2D eigenvalue weighted by Gasteiger charge is -2.35. The number of aromatic nitrogens is 1. The maximum Gasteiger partial charge on any atom is 0.321 e.